The fourth-order valence-corrected chi connectivity index (χ4v) is 4.72. The number of ether oxygens (including phenoxy) is 3. The molecule has 1 N–H and O–H groups in total. The minimum atomic E-state index is -3.68. The van der Waals surface area contributed by atoms with Crippen molar-refractivity contribution in [1.29, 1.82) is 0 Å². The van der Waals surface area contributed by atoms with Gasteiger partial charge in [-0.25, -0.2) is 13.1 Å². The molecule has 4 rings (SSSR count). The Morgan fingerprint density at radius 2 is 1.70 bits per heavy atom. The van der Waals surface area contributed by atoms with Crippen molar-refractivity contribution in [3.63, 3.8) is 0 Å². The van der Waals surface area contributed by atoms with Gasteiger partial charge in [-0.3, -0.25) is 0 Å². The zero-order valence-electron chi connectivity index (χ0n) is 14.5. The molecule has 0 radical (unpaired) electrons. The number of halogens is 1. The van der Waals surface area contributed by atoms with E-state index >= 15 is 0 Å². The van der Waals surface area contributed by atoms with Gasteiger partial charge in [-0.15, -0.1) is 0 Å². The molecular weight excluding hydrogens is 390 g/mol. The van der Waals surface area contributed by atoms with Crippen LogP contribution in [0.1, 0.15) is 5.56 Å². The van der Waals surface area contributed by atoms with Crippen LogP contribution in [0.5, 0.6) is 0 Å². The van der Waals surface area contributed by atoms with Gasteiger partial charge in [0.1, 0.15) is 18.3 Å². The van der Waals surface area contributed by atoms with Crippen LogP contribution >= 0.6 is 11.6 Å². The fraction of sp³-hybridized carbons (Fsp3) is 0.368. The third-order valence-electron chi connectivity index (χ3n) is 4.75. The SMILES string of the molecule is O=S(=O)(N[C@H]1CO[C@H]2[C@@H]1OC[C@H]2OCc1ccccc1)c1ccc(Cl)cc1. The predicted molar refractivity (Wildman–Crippen MR) is 100 cm³/mol. The molecule has 4 atom stereocenters. The van der Waals surface area contributed by atoms with Crippen LogP contribution in [0.25, 0.3) is 0 Å². The monoisotopic (exact) mass is 409 g/mol. The number of sulfonamides is 1. The van der Waals surface area contributed by atoms with Gasteiger partial charge >= 0.3 is 0 Å². The second kappa shape index (κ2) is 7.87. The molecule has 2 aromatic carbocycles. The maximum atomic E-state index is 12.6. The molecule has 2 aliphatic rings. The summed E-state index contributed by atoms with van der Waals surface area (Å²) in [5, 5.41) is 0.482. The van der Waals surface area contributed by atoms with Crippen molar-refractivity contribution >= 4 is 21.6 Å². The Labute approximate surface area is 163 Å². The summed E-state index contributed by atoms with van der Waals surface area (Å²) in [7, 11) is -3.68. The molecule has 2 saturated heterocycles. The van der Waals surface area contributed by atoms with E-state index in [1.807, 2.05) is 30.3 Å². The van der Waals surface area contributed by atoms with Crippen LogP contribution in [0.2, 0.25) is 5.02 Å². The average Bonchev–Trinajstić information content (AvgIpc) is 3.24. The molecule has 0 unspecified atom stereocenters. The van der Waals surface area contributed by atoms with Gasteiger partial charge in [0.15, 0.2) is 0 Å². The summed E-state index contributed by atoms with van der Waals surface area (Å²) in [5.74, 6) is 0. The van der Waals surface area contributed by atoms with Gasteiger partial charge in [0.2, 0.25) is 10.0 Å². The zero-order valence-corrected chi connectivity index (χ0v) is 16.0. The number of fused-ring (bicyclic) bond motifs is 1. The van der Waals surface area contributed by atoms with Crippen LogP contribution in [0, 0.1) is 0 Å². The van der Waals surface area contributed by atoms with Crippen molar-refractivity contribution in [1.82, 2.24) is 4.72 Å². The van der Waals surface area contributed by atoms with E-state index in [0.29, 0.717) is 18.2 Å². The summed E-state index contributed by atoms with van der Waals surface area (Å²) in [6, 6.07) is 15.4. The smallest absolute Gasteiger partial charge is 0.240 e. The van der Waals surface area contributed by atoms with Crippen LogP contribution in [0.15, 0.2) is 59.5 Å². The molecule has 0 amide bonds. The molecule has 0 saturated carbocycles. The first-order valence-corrected chi connectivity index (χ1v) is 10.6. The van der Waals surface area contributed by atoms with E-state index in [4.69, 9.17) is 25.8 Å². The maximum absolute atomic E-state index is 12.6. The first kappa shape index (κ1) is 18.9. The van der Waals surface area contributed by atoms with E-state index in [1.54, 1.807) is 12.1 Å². The van der Waals surface area contributed by atoms with E-state index in [0.717, 1.165) is 5.56 Å². The van der Waals surface area contributed by atoms with Crippen LogP contribution in [0.4, 0.5) is 0 Å². The Morgan fingerprint density at radius 1 is 1.00 bits per heavy atom. The Balaban J connectivity index is 1.38. The zero-order chi connectivity index (χ0) is 18.9. The predicted octanol–water partition coefficient (Wildman–Crippen LogP) is 2.37. The van der Waals surface area contributed by atoms with Crippen molar-refractivity contribution in [2.45, 2.75) is 35.9 Å². The molecule has 0 aromatic heterocycles. The normalized spacial score (nSPS) is 27.6. The quantitative estimate of drug-likeness (QED) is 0.792. The highest BCUT2D eigenvalue weighted by Crippen LogP contribution is 2.30. The van der Waals surface area contributed by atoms with Crippen LogP contribution < -0.4 is 4.72 Å². The van der Waals surface area contributed by atoms with Crippen molar-refractivity contribution in [3.05, 3.63) is 65.2 Å². The molecule has 0 bridgehead atoms. The van der Waals surface area contributed by atoms with Gasteiger partial charge in [0.25, 0.3) is 0 Å². The number of benzene rings is 2. The molecule has 0 aliphatic carbocycles. The molecule has 2 heterocycles. The summed E-state index contributed by atoms with van der Waals surface area (Å²) in [4.78, 5) is 0.158. The van der Waals surface area contributed by atoms with Crippen molar-refractivity contribution in [3.8, 4) is 0 Å². The summed E-state index contributed by atoms with van der Waals surface area (Å²) < 4.78 is 45.4. The van der Waals surface area contributed by atoms with Crippen molar-refractivity contribution < 1.29 is 22.6 Å². The molecular formula is C19H20ClNO5S. The molecule has 8 heteroatoms. The van der Waals surface area contributed by atoms with E-state index in [-0.39, 0.29) is 29.8 Å². The number of hydrogen-bond donors (Lipinski definition) is 1. The lowest BCUT2D eigenvalue weighted by molar-refractivity contribution is -0.0391. The summed E-state index contributed by atoms with van der Waals surface area (Å²) >= 11 is 5.83. The third kappa shape index (κ3) is 4.18. The van der Waals surface area contributed by atoms with Gasteiger partial charge in [-0.05, 0) is 29.8 Å². The Morgan fingerprint density at radius 3 is 2.44 bits per heavy atom. The van der Waals surface area contributed by atoms with E-state index in [9.17, 15) is 8.42 Å². The highest BCUT2D eigenvalue weighted by Gasteiger charge is 2.49. The average molecular weight is 410 g/mol. The summed E-state index contributed by atoms with van der Waals surface area (Å²) in [6.07, 6.45) is -0.875. The highest BCUT2D eigenvalue weighted by atomic mass is 35.5. The lowest BCUT2D eigenvalue weighted by atomic mass is 10.1. The van der Waals surface area contributed by atoms with Gasteiger partial charge in [0, 0.05) is 5.02 Å². The standard InChI is InChI=1S/C19H20ClNO5S/c20-14-6-8-15(9-7-14)27(22,23)21-16-11-25-19-17(12-26-18(16)19)24-10-13-4-2-1-3-5-13/h1-9,16-19,21H,10-12H2/t16-,17+,18+,19+/m0/s1. The third-order valence-corrected chi connectivity index (χ3v) is 6.50. The van der Waals surface area contributed by atoms with Gasteiger partial charge in [-0.2, -0.15) is 0 Å². The Bertz CT molecular complexity index is 875. The lowest BCUT2D eigenvalue weighted by Crippen LogP contribution is -2.44. The van der Waals surface area contributed by atoms with Crippen LogP contribution in [-0.4, -0.2) is 46.0 Å². The minimum absolute atomic E-state index is 0.158. The van der Waals surface area contributed by atoms with E-state index in [1.165, 1.54) is 12.1 Å². The molecule has 2 aromatic rings. The van der Waals surface area contributed by atoms with Gasteiger partial charge < -0.3 is 14.2 Å². The molecule has 27 heavy (non-hydrogen) atoms. The topological polar surface area (TPSA) is 73.9 Å². The second-order valence-electron chi connectivity index (χ2n) is 6.61. The largest absolute Gasteiger partial charge is 0.371 e. The van der Waals surface area contributed by atoms with Gasteiger partial charge in [0.05, 0.1) is 30.8 Å². The molecule has 144 valence electrons. The molecule has 2 aliphatic heterocycles. The second-order valence-corrected chi connectivity index (χ2v) is 8.76. The number of hydrogen-bond acceptors (Lipinski definition) is 5. The van der Waals surface area contributed by atoms with Crippen LogP contribution in [-0.2, 0) is 30.8 Å². The Hall–Kier alpha value is -1.48. The molecule has 0 spiro atoms. The minimum Gasteiger partial charge on any atom is -0.371 e. The summed E-state index contributed by atoms with van der Waals surface area (Å²) in [5.41, 5.74) is 1.07. The van der Waals surface area contributed by atoms with Crippen molar-refractivity contribution in [2.24, 2.45) is 0 Å². The first-order valence-electron chi connectivity index (χ1n) is 8.69. The van der Waals surface area contributed by atoms with Crippen molar-refractivity contribution in [2.75, 3.05) is 13.2 Å². The highest BCUT2D eigenvalue weighted by molar-refractivity contribution is 7.89. The maximum Gasteiger partial charge on any atom is 0.240 e. The van der Waals surface area contributed by atoms with E-state index in [2.05, 4.69) is 4.72 Å². The lowest BCUT2D eigenvalue weighted by Gasteiger charge is -2.18. The number of rotatable bonds is 6. The Kier molecular flexibility index (Phi) is 5.50. The summed E-state index contributed by atoms with van der Waals surface area (Å²) in [6.45, 7) is 1.08. The molecule has 2 fully saturated rings. The number of nitrogens with one attached hydrogen (secondary N) is 1. The first-order chi connectivity index (χ1) is 13.0. The molecule has 6 nitrogen and oxygen atoms in total. The van der Waals surface area contributed by atoms with Gasteiger partial charge in [-0.1, -0.05) is 41.9 Å². The fourth-order valence-electron chi connectivity index (χ4n) is 3.37. The van der Waals surface area contributed by atoms with Crippen LogP contribution in [0.3, 0.4) is 0 Å². The van der Waals surface area contributed by atoms with E-state index < -0.39 is 16.1 Å².